The second kappa shape index (κ2) is 10.8. The second-order valence-electron chi connectivity index (χ2n) is 8.44. The van der Waals surface area contributed by atoms with Gasteiger partial charge in [0.1, 0.15) is 5.82 Å². The summed E-state index contributed by atoms with van der Waals surface area (Å²) in [5.74, 6) is 0.188. The van der Waals surface area contributed by atoms with Crippen LogP contribution in [0.3, 0.4) is 0 Å². The van der Waals surface area contributed by atoms with E-state index in [1.165, 1.54) is 11.7 Å². The number of carbonyl (C=O) groups excluding carboxylic acids is 1. The molecule has 1 aliphatic rings. The number of aryl methyl sites for hydroxylation is 1. The van der Waals surface area contributed by atoms with Crippen molar-refractivity contribution in [2.75, 3.05) is 19.5 Å². The maximum absolute atomic E-state index is 13.4. The van der Waals surface area contributed by atoms with E-state index >= 15 is 0 Å². The molecule has 10 nitrogen and oxygen atoms in total. The molecular formula is C25H27ClN6O4. The molecule has 3 aromatic rings. The van der Waals surface area contributed by atoms with E-state index in [0.29, 0.717) is 10.8 Å². The van der Waals surface area contributed by atoms with Crippen LogP contribution in [-0.2, 0) is 22.6 Å². The van der Waals surface area contributed by atoms with Crippen LogP contribution in [0.25, 0.3) is 0 Å². The molecule has 1 atom stereocenters. The zero-order valence-electron chi connectivity index (χ0n) is 20.2. The zero-order valence-corrected chi connectivity index (χ0v) is 21.0. The monoisotopic (exact) mass is 510 g/mol. The van der Waals surface area contributed by atoms with Gasteiger partial charge in [-0.2, -0.15) is 4.98 Å². The van der Waals surface area contributed by atoms with E-state index in [2.05, 4.69) is 20.5 Å². The van der Waals surface area contributed by atoms with E-state index in [4.69, 9.17) is 11.6 Å². The van der Waals surface area contributed by atoms with Gasteiger partial charge in [0.05, 0.1) is 26.1 Å². The summed E-state index contributed by atoms with van der Waals surface area (Å²) in [5, 5.41) is 5.53. The summed E-state index contributed by atoms with van der Waals surface area (Å²) in [6, 6.07) is 15.0. The topological polar surface area (TPSA) is 110 Å². The lowest BCUT2D eigenvalue weighted by atomic mass is 10.1. The van der Waals surface area contributed by atoms with Crippen LogP contribution < -0.4 is 22.1 Å². The lowest BCUT2D eigenvalue weighted by Gasteiger charge is -2.21. The molecule has 2 N–H and O–H groups in total. The van der Waals surface area contributed by atoms with Crippen LogP contribution >= 0.6 is 11.6 Å². The van der Waals surface area contributed by atoms with Gasteiger partial charge in [-0.25, -0.2) is 19.6 Å². The number of methoxy groups -OCH3 is 1. The summed E-state index contributed by atoms with van der Waals surface area (Å²) >= 11 is 6.01. The molecule has 0 amide bonds. The molecule has 1 aromatic heterocycles. The minimum absolute atomic E-state index is 0.0940. The summed E-state index contributed by atoms with van der Waals surface area (Å²) in [6.45, 7) is 2.02. The Bertz CT molecular complexity index is 1400. The van der Waals surface area contributed by atoms with Gasteiger partial charge in [-0.3, -0.25) is 14.4 Å². The third-order valence-electron chi connectivity index (χ3n) is 5.87. The van der Waals surface area contributed by atoms with Crippen molar-refractivity contribution in [1.82, 2.24) is 24.6 Å². The Hall–Kier alpha value is -3.89. The quantitative estimate of drug-likeness (QED) is 0.445. The van der Waals surface area contributed by atoms with Crippen LogP contribution in [0.2, 0.25) is 5.02 Å². The SMILES string of the molecule is COC(=O)CCn1c(=O)nc(NC2=CC(c3ccc(Cl)cc3)NN2C)n(Cc2ccc(C)cc2)c1=O. The van der Waals surface area contributed by atoms with Crippen LogP contribution in [-0.4, -0.2) is 39.3 Å². The molecule has 0 saturated carbocycles. The fourth-order valence-corrected chi connectivity index (χ4v) is 3.93. The van der Waals surface area contributed by atoms with Gasteiger partial charge in [-0.1, -0.05) is 53.6 Å². The number of halogens is 1. The molecule has 2 aromatic carbocycles. The van der Waals surface area contributed by atoms with E-state index in [1.54, 1.807) is 5.01 Å². The average molecular weight is 511 g/mol. The third-order valence-corrected chi connectivity index (χ3v) is 6.12. The van der Waals surface area contributed by atoms with Crippen LogP contribution in [0, 0.1) is 6.92 Å². The number of nitrogens with one attached hydrogen (secondary N) is 2. The van der Waals surface area contributed by atoms with E-state index in [1.807, 2.05) is 68.6 Å². The first kappa shape index (κ1) is 25.2. The number of hydrazine groups is 1. The van der Waals surface area contributed by atoms with E-state index in [9.17, 15) is 14.4 Å². The zero-order chi connectivity index (χ0) is 25.8. The number of carbonyl (C=O) groups is 1. The van der Waals surface area contributed by atoms with E-state index < -0.39 is 17.3 Å². The van der Waals surface area contributed by atoms with Crippen LogP contribution in [0.15, 0.2) is 70.0 Å². The molecule has 2 heterocycles. The van der Waals surface area contributed by atoms with Crippen molar-refractivity contribution in [3.63, 3.8) is 0 Å². The molecule has 0 saturated heterocycles. The smallest absolute Gasteiger partial charge is 0.354 e. The molecule has 188 valence electrons. The number of hydrogen-bond donors (Lipinski definition) is 2. The number of esters is 1. The summed E-state index contributed by atoms with van der Waals surface area (Å²) in [4.78, 5) is 41.9. The Morgan fingerprint density at radius 1 is 1.11 bits per heavy atom. The van der Waals surface area contributed by atoms with E-state index in [-0.39, 0.29) is 31.5 Å². The first-order valence-electron chi connectivity index (χ1n) is 11.3. The molecule has 0 bridgehead atoms. The van der Waals surface area contributed by atoms with Gasteiger partial charge in [-0.15, -0.1) is 0 Å². The summed E-state index contributed by atoms with van der Waals surface area (Å²) in [6.07, 6.45) is 1.81. The van der Waals surface area contributed by atoms with Crippen LogP contribution in [0.5, 0.6) is 0 Å². The maximum atomic E-state index is 13.4. The molecule has 1 unspecified atom stereocenters. The number of nitrogens with zero attached hydrogens (tertiary/aromatic N) is 4. The van der Waals surface area contributed by atoms with Gasteiger partial charge in [0.15, 0.2) is 0 Å². The predicted molar refractivity (Wildman–Crippen MR) is 136 cm³/mol. The molecule has 0 fully saturated rings. The third kappa shape index (κ3) is 5.67. The second-order valence-corrected chi connectivity index (χ2v) is 8.88. The van der Waals surface area contributed by atoms with Gasteiger partial charge in [0.25, 0.3) is 0 Å². The largest absolute Gasteiger partial charge is 0.469 e. The Labute approximate surface area is 212 Å². The Kier molecular flexibility index (Phi) is 7.56. The lowest BCUT2D eigenvalue weighted by Crippen LogP contribution is -2.44. The molecule has 4 rings (SSSR count). The molecule has 0 radical (unpaired) electrons. The van der Waals surface area contributed by atoms with Gasteiger partial charge in [0, 0.05) is 18.6 Å². The highest BCUT2D eigenvalue weighted by molar-refractivity contribution is 6.30. The number of benzene rings is 2. The van der Waals surface area contributed by atoms with Gasteiger partial charge in [-0.05, 0) is 36.3 Å². The number of rotatable bonds is 8. The summed E-state index contributed by atoms with van der Waals surface area (Å²) in [7, 11) is 3.07. The van der Waals surface area contributed by atoms with Crippen molar-refractivity contribution in [1.29, 1.82) is 0 Å². The Morgan fingerprint density at radius 3 is 2.47 bits per heavy atom. The predicted octanol–water partition coefficient (Wildman–Crippen LogP) is 2.42. The maximum Gasteiger partial charge on any atom is 0.354 e. The molecule has 0 aliphatic carbocycles. The van der Waals surface area contributed by atoms with Crippen molar-refractivity contribution in [2.24, 2.45) is 0 Å². The first-order valence-corrected chi connectivity index (χ1v) is 11.7. The standard InChI is InChI=1S/C25H27ClN6O4/c1-16-4-6-17(7-5-16)15-32-23(28-24(34)31(25(32)35)13-12-22(33)36-3)27-21-14-20(29-30(21)2)18-8-10-19(26)11-9-18/h4-11,14,20,29H,12-13,15H2,1-3H3,(H,27,28,34). The fourth-order valence-electron chi connectivity index (χ4n) is 3.81. The minimum Gasteiger partial charge on any atom is -0.469 e. The molecule has 0 spiro atoms. The highest BCUT2D eigenvalue weighted by Gasteiger charge is 2.24. The van der Waals surface area contributed by atoms with Crippen LogP contribution in [0.1, 0.15) is 29.2 Å². The first-order chi connectivity index (χ1) is 17.2. The lowest BCUT2D eigenvalue weighted by molar-refractivity contribution is -0.140. The Balaban J connectivity index is 1.70. The van der Waals surface area contributed by atoms with Gasteiger partial charge >= 0.3 is 17.3 Å². The molecule has 1 aliphatic heterocycles. The summed E-state index contributed by atoms with van der Waals surface area (Å²) in [5.41, 5.74) is 4.90. The van der Waals surface area contributed by atoms with Gasteiger partial charge < -0.3 is 10.1 Å². The molecule has 36 heavy (non-hydrogen) atoms. The van der Waals surface area contributed by atoms with Crippen molar-refractivity contribution >= 4 is 23.5 Å². The summed E-state index contributed by atoms with van der Waals surface area (Å²) < 4.78 is 6.97. The highest BCUT2D eigenvalue weighted by atomic mass is 35.5. The van der Waals surface area contributed by atoms with Crippen molar-refractivity contribution in [3.05, 3.63) is 103 Å². The Morgan fingerprint density at radius 2 is 1.81 bits per heavy atom. The fraction of sp³-hybridized carbons (Fsp3) is 0.280. The number of aromatic nitrogens is 3. The average Bonchev–Trinajstić information content (AvgIpc) is 3.22. The molecule has 11 heteroatoms. The molecular weight excluding hydrogens is 484 g/mol. The van der Waals surface area contributed by atoms with Gasteiger partial charge in [0.2, 0.25) is 5.95 Å². The van der Waals surface area contributed by atoms with Crippen molar-refractivity contribution < 1.29 is 9.53 Å². The van der Waals surface area contributed by atoms with Crippen molar-refractivity contribution in [2.45, 2.75) is 32.5 Å². The normalized spacial score (nSPS) is 15.1. The number of ether oxygens (including phenoxy) is 1. The van der Waals surface area contributed by atoms with E-state index in [0.717, 1.165) is 21.3 Å². The number of hydrogen-bond acceptors (Lipinski definition) is 8. The minimum atomic E-state index is -0.755. The van der Waals surface area contributed by atoms with Crippen molar-refractivity contribution in [3.8, 4) is 0 Å². The number of anilines is 1. The highest BCUT2D eigenvalue weighted by Crippen LogP contribution is 2.25. The van der Waals surface area contributed by atoms with Crippen LogP contribution in [0.4, 0.5) is 5.95 Å².